The van der Waals surface area contributed by atoms with Gasteiger partial charge in [-0.3, -0.25) is 4.79 Å². The summed E-state index contributed by atoms with van der Waals surface area (Å²) >= 11 is 7.56. The SMILES string of the molecule is COC(=O)c1c(NC(=O)/C=C/c2ccccc2Cl)sc2c1CCC(C)C2. The van der Waals surface area contributed by atoms with Gasteiger partial charge in [0.2, 0.25) is 5.91 Å². The van der Waals surface area contributed by atoms with Crippen molar-refractivity contribution in [3.8, 4) is 0 Å². The summed E-state index contributed by atoms with van der Waals surface area (Å²) in [5.74, 6) is -0.125. The fourth-order valence-corrected chi connectivity index (χ4v) is 4.69. The Bertz CT molecular complexity index is 872. The number of rotatable bonds is 4. The normalized spacial score (nSPS) is 16.3. The number of nitrogens with one attached hydrogen (secondary N) is 1. The van der Waals surface area contributed by atoms with E-state index in [0.29, 0.717) is 21.5 Å². The van der Waals surface area contributed by atoms with Crippen molar-refractivity contribution in [1.29, 1.82) is 0 Å². The number of fused-ring (bicyclic) bond motifs is 1. The molecule has 0 spiro atoms. The number of carbonyl (C=O) groups is 2. The Balaban J connectivity index is 1.84. The smallest absolute Gasteiger partial charge is 0.341 e. The number of thiophene rings is 1. The van der Waals surface area contributed by atoms with Crippen LogP contribution in [0.4, 0.5) is 5.00 Å². The minimum absolute atomic E-state index is 0.304. The summed E-state index contributed by atoms with van der Waals surface area (Å²) in [6.07, 6.45) is 5.88. The molecule has 4 nitrogen and oxygen atoms in total. The summed E-state index contributed by atoms with van der Waals surface area (Å²) < 4.78 is 4.94. The Hall–Kier alpha value is -2.11. The molecule has 1 amide bonds. The molecule has 2 aromatic rings. The molecule has 1 aliphatic rings. The highest BCUT2D eigenvalue weighted by atomic mass is 35.5. The first-order valence-electron chi connectivity index (χ1n) is 8.46. The van der Waals surface area contributed by atoms with Crippen LogP contribution in [-0.4, -0.2) is 19.0 Å². The average Bonchev–Trinajstić information content (AvgIpc) is 2.97. The van der Waals surface area contributed by atoms with Gasteiger partial charge in [0, 0.05) is 16.0 Å². The summed E-state index contributed by atoms with van der Waals surface area (Å²) in [4.78, 5) is 25.8. The number of halogens is 1. The second-order valence-corrected chi connectivity index (χ2v) is 7.90. The molecule has 6 heteroatoms. The third-order valence-corrected chi connectivity index (χ3v) is 5.97. The van der Waals surface area contributed by atoms with Crippen LogP contribution >= 0.6 is 22.9 Å². The Kier molecular flexibility index (Phi) is 5.79. The molecule has 0 saturated carbocycles. The number of anilines is 1. The number of carbonyl (C=O) groups excluding carboxylic acids is 2. The fraction of sp³-hybridized carbons (Fsp3) is 0.300. The number of hydrogen-bond acceptors (Lipinski definition) is 4. The molecule has 136 valence electrons. The van der Waals surface area contributed by atoms with Gasteiger partial charge in [-0.15, -0.1) is 11.3 Å². The number of methoxy groups -OCH3 is 1. The second-order valence-electron chi connectivity index (χ2n) is 6.39. The molecule has 0 bridgehead atoms. The molecule has 1 aromatic heterocycles. The summed E-state index contributed by atoms with van der Waals surface area (Å²) in [6.45, 7) is 2.20. The van der Waals surface area contributed by atoms with Crippen LogP contribution in [0.3, 0.4) is 0 Å². The maximum absolute atomic E-state index is 12.4. The Morgan fingerprint density at radius 1 is 1.35 bits per heavy atom. The number of ether oxygens (including phenoxy) is 1. The molecule has 0 aliphatic heterocycles. The van der Waals surface area contributed by atoms with E-state index in [1.165, 1.54) is 24.5 Å². The van der Waals surface area contributed by atoms with Gasteiger partial charge in [0.1, 0.15) is 5.00 Å². The monoisotopic (exact) mass is 389 g/mol. The molecule has 3 rings (SSSR count). The lowest BCUT2D eigenvalue weighted by Gasteiger charge is -2.18. The molecule has 1 N–H and O–H groups in total. The maximum atomic E-state index is 12.4. The lowest BCUT2D eigenvalue weighted by molar-refractivity contribution is -0.111. The van der Waals surface area contributed by atoms with Gasteiger partial charge >= 0.3 is 5.97 Å². The first-order valence-corrected chi connectivity index (χ1v) is 9.65. The summed E-state index contributed by atoms with van der Waals surface area (Å²) in [5.41, 5.74) is 2.28. The zero-order valence-corrected chi connectivity index (χ0v) is 16.2. The lowest BCUT2D eigenvalue weighted by Crippen LogP contribution is -2.14. The number of hydrogen-bond donors (Lipinski definition) is 1. The summed E-state index contributed by atoms with van der Waals surface area (Å²) in [5, 5.41) is 3.97. The highest BCUT2D eigenvalue weighted by molar-refractivity contribution is 7.17. The van der Waals surface area contributed by atoms with Crippen LogP contribution in [-0.2, 0) is 22.4 Å². The van der Waals surface area contributed by atoms with Crippen molar-refractivity contribution in [1.82, 2.24) is 0 Å². The maximum Gasteiger partial charge on any atom is 0.341 e. The third kappa shape index (κ3) is 4.00. The van der Waals surface area contributed by atoms with Crippen LogP contribution in [0.1, 0.15) is 39.7 Å². The van der Waals surface area contributed by atoms with Crippen molar-refractivity contribution in [2.24, 2.45) is 5.92 Å². The molecule has 1 unspecified atom stereocenters. The number of benzene rings is 1. The zero-order valence-electron chi connectivity index (χ0n) is 14.7. The van der Waals surface area contributed by atoms with Gasteiger partial charge in [0.05, 0.1) is 12.7 Å². The highest BCUT2D eigenvalue weighted by Crippen LogP contribution is 2.40. The van der Waals surface area contributed by atoms with E-state index in [1.807, 2.05) is 18.2 Å². The molecule has 0 radical (unpaired) electrons. The van der Waals surface area contributed by atoms with E-state index in [9.17, 15) is 9.59 Å². The van der Waals surface area contributed by atoms with Gasteiger partial charge in [-0.1, -0.05) is 36.7 Å². The predicted molar refractivity (Wildman–Crippen MR) is 106 cm³/mol. The molecule has 1 aromatic carbocycles. The van der Waals surface area contributed by atoms with E-state index < -0.39 is 5.97 Å². The number of amides is 1. The van der Waals surface area contributed by atoms with Gasteiger partial charge < -0.3 is 10.1 Å². The first kappa shape index (κ1) is 18.7. The molecular weight excluding hydrogens is 370 g/mol. The van der Waals surface area contributed by atoms with Gasteiger partial charge in [0.15, 0.2) is 0 Å². The minimum Gasteiger partial charge on any atom is -0.465 e. The van der Waals surface area contributed by atoms with Gasteiger partial charge in [-0.05, 0) is 48.4 Å². The van der Waals surface area contributed by atoms with Crippen LogP contribution in [0.15, 0.2) is 30.3 Å². The van der Waals surface area contributed by atoms with Crippen LogP contribution in [0.25, 0.3) is 6.08 Å². The van der Waals surface area contributed by atoms with Crippen molar-refractivity contribution in [2.75, 3.05) is 12.4 Å². The average molecular weight is 390 g/mol. The molecule has 1 aliphatic carbocycles. The molecule has 1 heterocycles. The molecule has 0 fully saturated rings. The number of esters is 1. The van der Waals surface area contributed by atoms with E-state index in [0.717, 1.165) is 35.3 Å². The van der Waals surface area contributed by atoms with Crippen molar-refractivity contribution >= 4 is 45.9 Å². The predicted octanol–water partition coefficient (Wildman–Crippen LogP) is 4.96. The van der Waals surface area contributed by atoms with Gasteiger partial charge in [0.25, 0.3) is 0 Å². The molecule has 0 saturated heterocycles. The van der Waals surface area contributed by atoms with E-state index in [1.54, 1.807) is 12.1 Å². The van der Waals surface area contributed by atoms with E-state index in [-0.39, 0.29) is 5.91 Å². The lowest BCUT2D eigenvalue weighted by atomic mass is 9.88. The molecule has 26 heavy (non-hydrogen) atoms. The standard InChI is InChI=1S/C20H20ClNO3S/c1-12-7-9-14-16(11-12)26-19(18(14)20(24)25-2)22-17(23)10-8-13-5-3-4-6-15(13)21/h3-6,8,10,12H,7,9,11H2,1-2H3,(H,22,23)/b10-8+. The highest BCUT2D eigenvalue weighted by Gasteiger charge is 2.28. The van der Waals surface area contributed by atoms with E-state index >= 15 is 0 Å². The summed E-state index contributed by atoms with van der Waals surface area (Å²) in [7, 11) is 1.36. The van der Waals surface area contributed by atoms with Crippen LogP contribution in [0.5, 0.6) is 0 Å². The third-order valence-electron chi connectivity index (χ3n) is 4.46. The quantitative estimate of drug-likeness (QED) is 0.593. The van der Waals surface area contributed by atoms with Crippen molar-refractivity contribution < 1.29 is 14.3 Å². The van der Waals surface area contributed by atoms with E-state index in [4.69, 9.17) is 16.3 Å². The van der Waals surface area contributed by atoms with Crippen molar-refractivity contribution in [2.45, 2.75) is 26.2 Å². The zero-order chi connectivity index (χ0) is 18.7. The Morgan fingerprint density at radius 2 is 2.12 bits per heavy atom. The first-order chi connectivity index (χ1) is 12.5. The van der Waals surface area contributed by atoms with Crippen molar-refractivity contribution in [3.05, 3.63) is 56.9 Å². The Labute approximate surface area is 161 Å². The topological polar surface area (TPSA) is 55.4 Å². The molecule has 1 atom stereocenters. The second kappa shape index (κ2) is 8.06. The van der Waals surface area contributed by atoms with Gasteiger partial charge in [-0.2, -0.15) is 0 Å². The largest absolute Gasteiger partial charge is 0.465 e. The van der Waals surface area contributed by atoms with E-state index in [2.05, 4.69) is 12.2 Å². The molecular formula is C20H20ClNO3S. The minimum atomic E-state index is -0.401. The van der Waals surface area contributed by atoms with Crippen LogP contribution in [0, 0.1) is 5.92 Å². The fourth-order valence-electron chi connectivity index (χ4n) is 3.09. The van der Waals surface area contributed by atoms with Gasteiger partial charge in [-0.25, -0.2) is 4.79 Å². The summed E-state index contributed by atoms with van der Waals surface area (Å²) in [6, 6.07) is 7.28. The van der Waals surface area contributed by atoms with Crippen molar-refractivity contribution in [3.63, 3.8) is 0 Å². The Morgan fingerprint density at radius 3 is 2.85 bits per heavy atom. The van der Waals surface area contributed by atoms with Crippen LogP contribution < -0.4 is 5.32 Å². The van der Waals surface area contributed by atoms with Crippen LogP contribution in [0.2, 0.25) is 5.02 Å².